The van der Waals surface area contributed by atoms with Gasteiger partial charge in [-0.3, -0.25) is 0 Å². The SMILES string of the molecule is CCNc1ncc(Cl)c(N2CCC(CC)CC2)n1. The summed E-state index contributed by atoms with van der Waals surface area (Å²) in [6.45, 7) is 7.20. The lowest BCUT2D eigenvalue weighted by Gasteiger charge is -2.32. The van der Waals surface area contributed by atoms with Crippen LogP contribution in [0.2, 0.25) is 5.02 Å². The van der Waals surface area contributed by atoms with Gasteiger partial charge < -0.3 is 10.2 Å². The minimum absolute atomic E-state index is 0.645. The Labute approximate surface area is 114 Å². The van der Waals surface area contributed by atoms with Gasteiger partial charge in [0, 0.05) is 19.6 Å². The van der Waals surface area contributed by atoms with Crippen LogP contribution in [0.1, 0.15) is 33.1 Å². The van der Waals surface area contributed by atoms with Crippen molar-refractivity contribution >= 4 is 23.4 Å². The molecule has 0 spiro atoms. The Morgan fingerprint density at radius 1 is 1.39 bits per heavy atom. The molecule has 100 valence electrons. The molecule has 1 aromatic rings. The summed E-state index contributed by atoms with van der Waals surface area (Å²) < 4.78 is 0. The van der Waals surface area contributed by atoms with Crippen molar-refractivity contribution in [2.45, 2.75) is 33.1 Å². The highest BCUT2D eigenvalue weighted by molar-refractivity contribution is 6.32. The number of anilines is 2. The molecule has 1 aliphatic rings. The van der Waals surface area contributed by atoms with Crippen molar-refractivity contribution in [1.82, 2.24) is 9.97 Å². The van der Waals surface area contributed by atoms with Gasteiger partial charge in [-0.25, -0.2) is 4.98 Å². The van der Waals surface area contributed by atoms with Gasteiger partial charge in [0.2, 0.25) is 5.95 Å². The van der Waals surface area contributed by atoms with Gasteiger partial charge in [0.25, 0.3) is 0 Å². The molecule has 18 heavy (non-hydrogen) atoms. The zero-order valence-corrected chi connectivity index (χ0v) is 11.9. The first-order valence-corrected chi connectivity index (χ1v) is 7.13. The molecule has 1 saturated heterocycles. The largest absolute Gasteiger partial charge is 0.355 e. The van der Waals surface area contributed by atoms with Crippen molar-refractivity contribution < 1.29 is 0 Å². The number of halogens is 1. The monoisotopic (exact) mass is 268 g/mol. The summed E-state index contributed by atoms with van der Waals surface area (Å²) in [5, 5.41) is 3.77. The predicted molar refractivity (Wildman–Crippen MR) is 76.4 cm³/mol. The lowest BCUT2D eigenvalue weighted by molar-refractivity contribution is 0.394. The zero-order valence-electron chi connectivity index (χ0n) is 11.1. The fraction of sp³-hybridized carbons (Fsp3) is 0.692. The topological polar surface area (TPSA) is 41.1 Å². The van der Waals surface area contributed by atoms with E-state index >= 15 is 0 Å². The fourth-order valence-corrected chi connectivity index (χ4v) is 2.59. The molecule has 0 amide bonds. The second-order valence-electron chi connectivity index (χ2n) is 4.73. The Hall–Kier alpha value is -1.03. The standard InChI is InChI=1S/C13H21ClN4/c1-3-10-5-7-18(8-6-10)12-11(14)9-16-13(17-12)15-4-2/h9-10H,3-8H2,1-2H3,(H,15,16,17). The second-order valence-corrected chi connectivity index (χ2v) is 5.14. The molecule has 5 heteroatoms. The predicted octanol–water partition coefficient (Wildman–Crippen LogP) is 3.19. The van der Waals surface area contributed by atoms with Gasteiger partial charge >= 0.3 is 0 Å². The zero-order chi connectivity index (χ0) is 13.0. The highest BCUT2D eigenvalue weighted by Gasteiger charge is 2.21. The van der Waals surface area contributed by atoms with Crippen molar-refractivity contribution in [3.8, 4) is 0 Å². The molecular weight excluding hydrogens is 248 g/mol. The first-order chi connectivity index (χ1) is 8.74. The van der Waals surface area contributed by atoms with E-state index in [0.717, 1.165) is 31.4 Å². The minimum Gasteiger partial charge on any atom is -0.355 e. The van der Waals surface area contributed by atoms with Crippen molar-refractivity contribution in [2.75, 3.05) is 29.9 Å². The van der Waals surface area contributed by atoms with Crippen molar-refractivity contribution in [1.29, 1.82) is 0 Å². The van der Waals surface area contributed by atoms with E-state index in [2.05, 4.69) is 27.1 Å². The molecule has 2 heterocycles. The maximum absolute atomic E-state index is 6.21. The molecule has 0 atom stereocenters. The molecule has 0 aromatic carbocycles. The first-order valence-electron chi connectivity index (χ1n) is 6.76. The Balaban J connectivity index is 2.10. The molecule has 0 bridgehead atoms. The summed E-state index contributed by atoms with van der Waals surface area (Å²) >= 11 is 6.21. The lowest BCUT2D eigenvalue weighted by Crippen LogP contribution is -2.34. The maximum Gasteiger partial charge on any atom is 0.224 e. The van der Waals surface area contributed by atoms with E-state index in [0.29, 0.717) is 11.0 Å². The Bertz CT molecular complexity index is 389. The number of piperidine rings is 1. The minimum atomic E-state index is 0.645. The van der Waals surface area contributed by atoms with Crippen molar-refractivity contribution in [2.24, 2.45) is 5.92 Å². The van der Waals surface area contributed by atoms with E-state index < -0.39 is 0 Å². The Morgan fingerprint density at radius 2 is 2.11 bits per heavy atom. The Kier molecular flexibility index (Phi) is 4.64. The lowest BCUT2D eigenvalue weighted by atomic mass is 9.94. The number of hydrogen-bond donors (Lipinski definition) is 1. The number of nitrogens with one attached hydrogen (secondary N) is 1. The van der Waals surface area contributed by atoms with Crippen LogP contribution in [-0.2, 0) is 0 Å². The summed E-state index contributed by atoms with van der Waals surface area (Å²) in [5.41, 5.74) is 0. The summed E-state index contributed by atoms with van der Waals surface area (Å²) in [7, 11) is 0. The molecule has 1 aromatic heterocycles. The second kappa shape index (κ2) is 6.23. The van der Waals surface area contributed by atoms with Crippen LogP contribution in [0, 0.1) is 5.92 Å². The summed E-state index contributed by atoms with van der Waals surface area (Å²) in [6, 6.07) is 0. The van der Waals surface area contributed by atoms with Gasteiger partial charge in [-0.1, -0.05) is 24.9 Å². The van der Waals surface area contributed by atoms with E-state index in [-0.39, 0.29) is 0 Å². The molecule has 4 nitrogen and oxygen atoms in total. The van der Waals surface area contributed by atoms with Crippen LogP contribution >= 0.6 is 11.6 Å². The highest BCUT2D eigenvalue weighted by Crippen LogP contribution is 2.29. The summed E-state index contributed by atoms with van der Waals surface area (Å²) in [5.74, 6) is 2.39. The molecule has 0 aliphatic carbocycles. The van der Waals surface area contributed by atoms with Crippen LogP contribution in [0.15, 0.2) is 6.20 Å². The van der Waals surface area contributed by atoms with E-state index in [9.17, 15) is 0 Å². The summed E-state index contributed by atoms with van der Waals surface area (Å²) in [4.78, 5) is 11.0. The normalized spacial score (nSPS) is 16.9. The average molecular weight is 269 g/mol. The molecule has 1 N–H and O–H groups in total. The van der Waals surface area contributed by atoms with Crippen molar-refractivity contribution in [3.63, 3.8) is 0 Å². The number of rotatable bonds is 4. The van der Waals surface area contributed by atoms with Gasteiger partial charge in [0.15, 0.2) is 5.82 Å². The van der Waals surface area contributed by atoms with E-state index in [4.69, 9.17) is 11.6 Å². The van der Waals surface area contributed by atoms with Crippen LogP contribution in [0.3, 0.4) is 0 Å². The Morgan fingerprint density at radius 3 is 2.72 bits per heavy atom. The van der Waals surface area contributed by atoms with E-state index in [1.807, 2.05) is 6.92 Å². The third kappa shape index (κ3) is 3.05. The van der Waals surface area contributed by atoms with Crippen LogP contribution in [0.4, 0.5) is 11.8 Å². The molecule has 0 saturated carbocycles. The number of hydrogen-bond acceptors (Lipinski definition) is 4. The molecule has 0 radical (unpaired) electrons. The van der Waals surface area contributed by atoms with Crippen molar-refractivity contribution in [3.05, 3.63) is 11.2 Å². The molecule has 2 rings (SSSR count). The van der Waals surface area contributed by atoms with Gasteiger partial charge in [-0.15, -0.1) is 0 Å². The molecule has 0 unspecified atom stereocenters. The molecule has 1 fully saturated rings. The van der Waals surface area contributed by atoms with Gasteiger partial charge in [0.1, 0.15) is 5.02 Å². The first kappa shape index (κ1) is 13.4. The summed E-state index contributed by atoms with van der Waals surface area (Å²) in [6.07, 6.45) is 5.42. The molecular formula is C13H21ClN4. The van der Waals surface area contributed by atoms with Crippen LogP contribution in [0.25, 0.3) is 0 Å². The smallest absolute Gasteiger partial charge is 0.224 e. The van der Waals surface area contributed by atoms with Crippen LogP contribution < -0.4 is 10.2 Å². The highest BCUT2D eigenvalue weighted by atomic mass is 35.5. The van der Waals surface area contributed by atoms with E-state index in [1.165, 1.54) is 19.3 Å². The van der Waals surface area contributed by atoms with Gasteiger partial charge in [-0.2, -0.15) is 4.98 Å². The maximum atomic E-state index is 6.21. The number of aromatic nitrogens is 2. The fourth-order valence-electron chi connectivity index (χ4n) is 2.38. The van der Waals surface area contributed by atoms with Crippen LogP contribution in [0.5, 0.6) is 0 Å². The van der Waals surface area contributed by atoms with Gasteiger partial charge in [-0.05, 0) is 25.7 Å². The number of nitrogens with zero attached hydrogens (tertiary/aromatic N) is 3. The van der Waals surface area contributed by atoms with Crippen LogP contribution in [-0.4, -0.2) is 29.6 Å². The average Bonchev–Trinajstić information content (AvgIpc) is 2.41. The van der Waals surface area contributed by atoms with Gasteiger partial charge in [0.05, 0.1) is 6.20 Å². The third-order valence-corrected chi connectivity index (χ3v) is 3.82. The third-order valence-electron chi connectivity index (χ3n) is 3.55. The van der Waals surface area contributed by atoms with E-state index in [1.54, 1.807) is 6.20 Å². The molecule has 1 aliphatic heterocycles. The quantitative estimate of drug-likeness (QED) is 0.911.